The maximum atomic E-state index is 10.9. The SMILES string of the molecule is CC(C)Oc1cncc(N2CC(C(C)C(=O)O)C2)n1. The van der Waals surface area contributed by atoms with Crippen LogP contribution in [0.3, 0.4) is 0 Å². The molecule has 0 spiro atoms. The van der Waals surface area contributed by atoms with Crippen LogP contribution in [0.1, 0.15) is 20.8 Å². The van der Waals surface area contributed by atoms with Crippen LogP contribution in [-0.4, -0.2) is 40.2 Å². The van der Waals surface area contributed by atoms with Crippen LogP contribution in [0.25, 0.3) is 0 Å². The number of aromatic nitrogens is 2. The summed E-state index contributed by atoms with van der Waals surface area (Å²) >= 11 is 0. The molecule has 0 radical (unpaired) electrons. The van der Waals surface area contributed by atoms with Crippen molar-refractivity contribution >= 4 is 11.8 Å². The Morgan fingerprint density at radius 3 is 2.68 bits per heavy atom. The Balaban J connectivity index is 1.96. The van der Waals surface area contributed by atoms with Crippen LogP contribution in [0.2, 0.25) is 0 Å². The van der Waals surface area contributed by atoms with Gasteiger partial charge in [0.2, 0.25) is 5.88 Å². The van der Waals surface area contributed by atoms with Gasteiger partial charge in [0, 0.05) is 19.0 Å². The topological polar surface area (TPSA) is 75.5 Å². The fraction of sp³-hybridized carbons (Fsp3) is 0.615. The molecule has 1 unspecified atom stereocenters. The molecule has 0 aromatic carbocycles. The third-order valence-electron chi connectivity index (χ3n) is 3.29. The predicted octanol–water partition coefficient (Wildman–Crippen LogP) is 1.42. The van der Waals surface area contributed by atoms with E-state index >= 15 is 0 Å². The summed E-state index contributed by atoms with van der Waals surface area (Å²) in [6, 6.07) is 0. The van der Waals surface area contributed by atoms with Gasteiger partial charge in [-0.15, -0.1) is 0 Å². The van der Waals surface area contributed by atoms with Crippen LogP contribution in [0, 0.1) is 11.8 Å². The van der Waals surface area contributed by atoms with Crippen molar-refractivity contribution < 1.29 is 14.6 Å². The Morgan fingerprint density at radius 2 is 2.11 bits per heavy atom. The molecule has 0 bridgehead atoms. The van der Waals surface area contributed by atoms with E-state index in [9.17, 15) is 4.79 Å². The van der Waals surface area contributed by atoms with Crippen molar-refractivity contribution in [3.05, 3.63) is 12.4 Å². The number of ether oxygens (including phenoxy) is 1. The van der Waals surface area contributed by atoms with Crippen molar-refractivity contribution in [2.24, 2.45) is 11.8 Å². The number of nitrogens with zero attached hydrogens (tertiary/aromatic N) is 3. The average Bonchev–Trinajstić information content (AvgIpc) is 2.26. The Morgan fingerprint density at radius 1 is 1.42 bits per heavy atom. The molecule has 1 fully saturated rings. The van der Waals surface area contributed by atoms with Gasteiger partial charge in [-0.1, -0.05) is 6.92 Å². The monoisotopic (exact) mass is 265 g/mol. The van der Waals surface area contributed by atoms with Gasteiger partial charge >= 0.3 is 5.97 Å². The summed E-state index contributed by atoms with van der Waals surface area (Å²) in [6.45, 7) is 7.01. The first kappa shape index (κ1) is 13.6. The first-order valence-electron chi connectivity index (χ1n) is 6.44. The van der Waals surface area contributed by atoms with Gasteiger partial charge in [-0.25, -0.2) is 0 Å². The summed E-state index contributed by atoms with van der Waals surface area (Å²) < 4.78 is 5.49. The number of carboxylic acid groups (broad SMARTS) is 1. The summed E-state index contributed by atoms with van der Waals surface area (Å²) in [7, 11) is 0. The number of aliphatic carboxylic acids is 1. The highest BCUT2D eigenvalue weighted by atomic mass is 16.5. The smallest absolute Gasteiger partial charge is 0.306 e. The summed E-state index contributed by atoms with van der Waals surface area (Å²) in [4.78, 5) is 21.4. The van der Waals surface area contributed by atoms with Gasteiger partial charge in [0.25, 0.3) is 0 Å². The lowest BCUT2D eigenvalue weighted by Gasteiger charge is -2.41. The summed E-state index contributed by atoms with van der Waals surface area (Å²) in [5.74, 6) is 0.357. The molecule has 0 aliphatic carbocycles. The quantitative estimate of drug-likeness (QED) is 0.867. The molecule has 1 aromatic heterocycles. The largest absolute Gasteiger partial charge is 0.481 e. The van der Waals surface area contributed by atoms with Crippen LogP contribution in [-0.2, 0) is 4.79 Å². The van der Waals surface area contributed by atoms with Crippen molar-refractivity contribution in [1.82, 2.24) is 9.97 Å². The molecule has 1 aliphatic rings. The van der Waals surface area contributed by atoms with Crippen LogP contribution in [0.15, 0.2) is 12.4 Å². The van der Waals surface area contributed by atoms with E-state index in [1.54, 1.807) is 19.3 Å². The molecule has 2 rings (SSSR count). The molecular formula is C13H19N3O3. The number of hydrogen-bond donors (Lipinski definition) is 1. The van der Waals surface area contributed by atoms with Crippen molar-refractivity contribution in [2.45, 2.75) is 26.9 Å². The summed E-state index contributed by atoms with van der Waals surface area (Å²) in [5, 5.41) is 8.95. The van der Waals surface area contributed by atoms with Crippen molar-refractivity contribution in [1.29, 1.82) is 0 Å². The van der Waals surface area contributed by atoms with Crippen LogP contribution in [0.4, 0.5) is 5.82 Å². The highest BCUT2D eigenvalue weighted by Gasteiger charge is 2.35. The van der Waals surface area contributed by atoms with E-state index in [-0.39, 0.29) is 17.9 Å². The lowest BCUT2D eigenvalue weighted by atomic mass is 9.87. The van der Waals surface area contributed by atoms with Gasteiger partial charge in [0.1, 0.15) is 0 Å². The third-order valence-corrected chi connectivity index (χ3v) is 3.29. The fourth-order valence-corrected chi connectivity index (χ4v) is 2.01. The zero-order chi connectivity index (χ0) is 14.0. The van der Waals surface area contributed by atoms with E-state index in [1.807, 2.05) is 18.7 Å². The molecule has 0 amide bonds. The van der Waals surface area contributed by atoms with Gasteiger partial charge in [0.15, 0.2) is 5.82 Å². The van der Waals surface area contributed by atoms with Gasteiger partial charge in [-0.3, -0.25) is 9.78 Å². The molecule has 104 valence electrons. The normalized spacial score (nSPS) is 17.2. The van der Waals surface area contributed by atoms with Gasteiger partial charge in [-0.2, -0.15) is 4.98 Å². The maximum absolute atomic E-state index is 10.9. The molecule has 1 N–H and O–H groups in total. The second-order valence-corrected chi connectivity index (χ2v) is 5.17. The standard InChI is InChI=1S/C13H19N3O3/c1-8(2)19-12-5-14-4-11(15-12)16-6-10(7-16)9(3)13(17)18/h4-5,8-10H,6-7H2,1-3H3,(H,17,18). The van der Waals surface area contributed by atoms with Crippen molar-refractivity contribution in [3.63, 3.8) is 0 Å². The highest BCUT2D eigenvalue weighted by molar-refractivity contribution is 5.70. The molecule has 1 aromatic rings. The zero-order valence-electron chi connectivity index (χ0n) is 11.4. The van der Waals surface area contributed by atoms with Crippen molar-refractivity contribution in [2.75, 3.05) is 18.0 Å². The van der Waals surface area contributed by atoms with Gasteiger partial charge in [-0.05, 0) is 13.8 Å². The first-order valence-corrected chi connectivity index (χ1v) is 6.44. The lowest BCUT2D eigenvalue weighted by molar-refractivity contribution is -0.143. The summed E-state index contributed by atoms with van der Waals surface area (Å²) in [5.41, 5.74) is 0. The Hall–Kier alpha value is -1.85. The van der Waals surface area contributed by atoms with Crippen LogP contribution >= 0.6 is 0 Å². The van der Waals surface area contributed by atoms with Crippen LogP contribution < -0.4 is 9.64 Å². The summed E-state index contributed by atoms with van der Waals surface area (Å²) in [6.07, 6.45) is 3.32. The number of rotatable bonds is 5. The second-order valence-electron chi connectivity index (χ2n) is 5.17. The molecule has 1 atom stereocenters. The maximum Gasteiger partial charge on any atom is 0.306 e. The molecule has 1 saturated heterocycles. The van der Waals surface area contributed by atoms with E-state index in [0.29, 0.717) is 19.0 Å². The molecule has 1 aliphatic heterocycles. The van der Waals surface area contributed by atoms with Gasteiger partial charge in [0.05, 0.1) is 24.4 Å². The fourth-order valence-electron chi connectivity index (χ4n) is 2.01. The van der Waals surface area contributed by atoms with Gasteiger partial charge < -0.3 is 14.7 Å². The highest BCUT2D eigenvalue weighted by Crippen LogP contribution is 2.28. The molecule has 6 nitrogen and oxygen atoms in total. The minimum Gasteiger partial charge on any atom is -0.481 e. The molecular weight excluding hydrogens is 246 g/mol. The number of hydrogen-bond acceptors (Lipinski definition) is 5. The number of carbonyl (C=O) groups is 1. The Labute approximate surface area is 112 Å². The molecule has 2 heterocycles. The molecule has 6 heteroatoms. The minimum absolute atomic E-state index is 0.0562. The van der Waals surface area contributed by atoms with E-state index in [1.165, 1.54) is 0 Å². The lowest BCUT2D eigenvalue weighted by Crippen LogP contribution is -2.51. The van der Waals surface area contributed by atoms with E-state index in [4.69, 9.17) is 9.84 Å². The minimum atomic E-state index is -0.743. The number of carboxylic acids is 1. The second kappa shape index (κ2) is 5.42. The van der Waals surface area contributed by atoms with E-state index in [0.717, 1.165) is 5.82 Å². The Kier molecular flexibility index (Phi) is 3.87. The molecule has 19 heavy (non-hydrogen) atoms. The third kappa shape index (κ3) is 3.13. The van der Waals surface area contributed by atoms with Crippen molar-refractivity contribution in [3.8, 4) is 5.88 Å². The predicted molar refractivity (Wildman–Crippen MR) is 70.3 cm³/mol. The Bertz CT molecular complexity index is 458. The average molecular weight is 265 g/mol. The van der Waals surface area contributed by atoms with Crippen LogP contribution in [0.5, 0.6) is 5.88 Å². The zero-order valence-corrected chi connectivity index (χ0v) is 11.4. The molecule has 0 saturated carbocycles. The number of anilines is 1. The van der Waals surface area contributed by atoms with E-state index in [2.05, 4.69) is 9.97 Å². The first-order chi connectivity index (χ1) is 8.97. The van der Waals surface area contributed by atoms with E-state index < -0.39 is 5.97 Å².